The van der Waals surface area contributed by atoms with Crippen LogP contribution in [0.25, 0.3) is 11.6 Å². The molecule has 0 N–H and O–H groups in total. The summed E-state index contributed by atoms with van der Waals surface area (Å²) < 4.78 is 38.1. The third-order valence-electron chi connectivity index (χ3n) is 4.09. The smallest absolute Gasteiger partial charge is 0.161 e. The third-order valence-corrected chi connectivity index (χ3v) is 4.09. The van der Waals surface area contributed by atoms with Gasteiger partial charge in [0.25, 0.3) is 0 Å². The molecular weight excluding hydrogens is 360 g/mol. The van der Waals surface area contributed by atoms with Crippen LogP contribution in [0.2, 0.25) is 0 Å². The van der Waals surface area contributed by atoms with Crippen molar-refractivity contribution in [3.8, 4) is 17.6 Å². The molecule has 0 saturated heterocycles. The van der Waals surface area contributed by atoms with Gasteiger partial charge in [0.15, 0.2) is 11.5 Å². The number of rotatable bonds is 6. The fraction of sp³-hybridized carbons (Fsp3) is 0.0870. The van der Waals surface area contributed by atoms with Crippen molar-refractivity contribution < 1.29 is 18.3 Å². The van der Waals surface area contributed by atoms with Crippen molar-refractivity contribution in [2.75, 3.05) is 7.11 Å². The number of hydrogen-bond acceptors (Lipinski definition) is 3. The lowest BCUT2D eigenvalue weighted by atomic mass is 10.0. The van der Waals surface area contributed by atoms with Crippen LogP contribution in [0.15, 0.2) is 66.7 Å². The molecule has 0 bridgehead atoms. The monoisotopic (exact) mass is 377 g/mol. The van der Waals surface area contributed by atoms with Crippen molar-refractivity contribution in [2.45, 2.75) is 6.61 Å². The summed E-state index contributed by atoms with van der Waals surface area (Å²) in [6.07, 6.45) is 1.59. The Balaban J connectivity index is 1.83. The first-order chi connectivity index (χ1) is 13.6. The lowest BCUT2D eigenvalue weighted by Gasteiger charge is -2.12. The van der Waals surface area contributed by atoms with Crippen molar-refractivity contribution in [2.24, 2.45) is 0 Å². The lowest BCUT2D eigenvalue weighted by Crippen LogP contribution is -1.98. The fourth-order valence-corrected chi connectivity index (χ4v) is 2.65. The fourth-order valence-electron chi connectivity index (χ4n) is 2.65. The second-order valence-corrected chi connectivity index (χ2v) is 5.98. The maximum Gasteiger partial charge on any atom is 0.161 e. The molecule has 0 aliphatic rings. The number of nitriles is 1. The van der Waals surface area contributed by atoms with Crippen molar-refractivity contribution in [3.05, 3.63) is 95.1 Å². The van der Waals surface area contributed by atoms with E-state index >= 15 is 0 Å². The molecule has 3 aromatic rings. The minimum absolute atomic E-state index is 0.208. The summed E-state index contributed by atoms with van der Waals surface area (Å²) in [5, 5.41) is 9.41. The van der Waals surface area contributed by atoms with Gasteiger partial charge >= 0.3 is 0 Å². The van der Waals surface area contributed by atoms with Gasteiger partial charge in [-0.05, 0) is 47.5 Å². The van der Waals surface area contributed by atoms with Crippen LogP contribution in [0.4, 0.5) is 8.78 Å². The van der Waals surface area contributed by atoms with Crippen LogP contribution in [0.3, 0.4) is 0 Å². The minimum atomic E-state index is -0.457. The van der Waals surface area contributed by atoms with Gasteiger partial charge in [-0.1, -0.05) is 36.4 Å². The van der Waals surface area contributed by atoms with Crippen molar-refractivity contribution in [1.82, 2.24) is 0 Å². The van der Waals surface area contributed by atoms with Crippen molar-refractivity contribution >= 4 is 11.6 Å². The molecule has 0 amide bonds. The minimum Gasteiger partial charge on any atom is -0.493 e. The first-order valence-corrected chi connectivity index (χ1v) is 8.52. The van der Waals surface area contributed by atoms with Crippen LogP contribution in [-0.2, 0) is 6.61 Å². The largest absolute Gasteiger partial charge is 0.493 e. The van der Waals surface area contributed by atoms with Gasteiger partial charge in [0.05, 0.1) is 18.8 Å². The highest BCUT2D eigenvalue weighted by Crippen LogP contribution is 2.30. The third kappa shape index (κ3) is 4.54. The van der Waals surface area contributed by atoms with Crippen LogP contribution >= 0.6 is 0 Å². The zero-order valence-electron chi connectivity index (χ0n) is 15.2. The van der Waals surface area contributed by atoms with Gasteiger partial charge in [-0.25, -0.2) is 8.78 Å². The number of nitrogens with zero attached hydrogens (tertiary/aromatic N) is 1. The summed E-state index contributed by atoms with van der Waals surface area (Å²) in [4.78, 5) is 0. The zero-order valence-corrected chi connectivity index (χ0v) is 15.2. The number of hydrogen-bond donors (Lipinski definition) is 0. The summed E-state index contributed by atoms with van der Waals surface area (Å²) in [6, 6.07) is 19.4. The predicted octanol–water partition coefficient (Wildman–Crippen LogP) is 5.62. The Hall–Kier alpha value is -3.65. The first kappa shape index (κ1) is 19.1. The standard InChI is InChI=1S/C23H17F2NO2/c1-27-23-13-17(12-18(14-26)20-4-2-3-5-21(20)25)8-11-22(23)28-15-16-6-9-19(24)10-7-16/h2-13H,15H2,1H3. The second kappa shape index (κ2) is 8.83. The molecule has 5 heteroatoms. The average Bonchev–Trinajstić information content (AvgIpc) is 2.72. The van der Waals surface area contributed by atoms with Crippen LogP contribution in [0, 0.1) is 23.0 Å². The molecule has 3 rings (SSSR count). The molecule has 0 fully saturated rings. The van der Waals surface area contributed by atoms with Gasteiger partial charge in [0.2, 0.25) is 0 Å². The first-order valence-electron chi connectivity index (χ1n) is 8.52. The van der Waals surface area contributed by atoms with Crippen LogP contribution in [0.1, 0.15) is 16.7 Å². The maximum absolute atomic E-state index is 14.0. The molecule has 140 valence electrons. The Labute approximate surface area is 162 Å². The van der Waals surface area contributed by atoms with E-state index in [9.17, 15) is 14.0 Å². The second-order valence-electron chi connectivity index (χ2n) is 5.98. The molecular formula is C23H17F2NO2. The van der Waals surface area contributed by atoms with E-state index in [0.717, 1.165) is 5.56 Å². The van der Waals surface area contributed by atoms with E-state index < -0.39 is 5.82 Å². The van der Waals surface area contributed by atoms with Gasteiger partial charge in [-0.2, -0.15) is 5.26 Å². The van der Waals surface area contributed by atoms with Gasteiger partial charge in [-0.15, -0.1) is 0 Å². The molecule has 0 aromatic heterocycles. The van der Waals surface area contributed by atoms with Crippen molar-refractivity contribution in [3.63, 3.8) is 0 Å². The highest BCUT2D eigenvalue weighted by Gasteiger charge is 2.09. The van der Waals surface area contributed by atoms with Gasteiger partial charge in [-0.3, -0.25) is 0 Å². The molecule has 0 aliphatic carbocycles. The molecule has 0 heterocycles. The molecule has 0 spiro atoms. The number of ether oxygens (including phenoxy) is 2. The normalized spacial score (nSPS) is 11.0. The van der Waals surface area contributed by atoms with E-state index in [0.29, 0.717) is 17.1 Å². The lowest BCUT2D eigenvalue weighted by molar-refractivity contribution is 0.284. The summed E-state index contributed by atoms with van der Waals surface area (Å²) in [6.45, 7) is 0.254. The van der Waals surface area contributed by atoms with E-state index in [1.165, 1.54) is 25.3 Å². The molecule has 0 radical (unpaired) electrons. The molecule has 3 aromatic carbocycles. The molecule has 0 saturated carbocycles. The Morgan fingerprint density at radius 2 is 1.75 bits per heavy atom. The molecule has 0 atom stereocenters. The molecule has 0 unspecified atom stereocenters. The molecule has 28 heavy (non-hydrogen) atoms. The summed E-state index contributed by atoms with van der Waals surface area (Å²) in [5.74, 6) is 0.220. The summed E-state index contributed by atoms with van der Waals surface area (Å²) in [7, 11) is 1.51. The van der Waals surface area contributed by atoms with E-state index in [-0.39, 0.29) is 23.6 Å². The van der Waals surface area contributed by atoms with Crippen molar-refractivity contribution in [1.29, 1.82) is 5.26 Å². The van der Waals surface area contributed by atoms with E-state index in [2.05, 4.69) is 0 Å². The number of methoxy groups -OCH3 is 1. The Kier molecular flexibility index (Phi) is 6.03. The highest BCUT2D eigenvalue weighted by atomic mass is 19.1. The predicted molar refractivity (Wildman–Crippen MR) is 104 cm³/mol. The van der Waals surface area contributed by atoms with Gasteiger partial charge in [0, 0.05) is 5.56 Å². The highest BCUT2D eigenvalue weighted by molar-refractivity contribution is 5.90. The average molecular weight is 377 g/mol. The number of benzene rings is 3. The van der Waals surface area contributed by atoms with Crippen LogP contribution < -0.4 is 9.47 Å². The number of halogens is 2. The molecule has 3 nitrogen and oxygen atoms in total. The van der Waals surface area contributed by atoms with Crippen LogP contribution in [0.5, 0.6) is 11.5 Å². The Morgan fingerprint density at radius 3 is 2.43 bits per heavy atom. The molecule has 0 aliphatic heterocycles. The van der Waals surface area contributed by atoms with Gasteiger partial charge < -0.3 is 9.47 Å². The maximum atomic E-state index is 14.0. The SMILES string of the molecule is COc1cc(C=C(C#N)c2ccccc2F)ccc1OCc1ccc(F)cc1. The number of allylic oxidation sites excluding steroid dienone is 1. The quantitative estimate of drug-likeness (QED) is 0.414. The van der Waals surface area contributed by atoms with E-state index in [4.69, 9.17) is 9.47 Å². The topological polar surface area (TPSA) is 42.2 Å². The van der Waals surface area contributed by atoms with Crippen LogP contribution in [-0.4, -0.2) is 7.11 Å². The summed E-state index contributed by atoms with van der Waals surface area (Å²) in [5.41, 5.74) is 1.94. The van der Waals surface area contributed by atoms with E-state index in [1.54, 1.807) is 54.6 Å². The van der Waals surface area contributed by atoms with Gasteiger partial charge in [0.1, 0.15) is 18.2 Å². The Bertz CT molecular complexity index is 1040. The summed E-state index contributed by atoms with van der Waals surface area (Å²) >= 11 is 0. The Morgan fingerprint density at radius 1 is 1.00 bits per heavy atom. The zero-order chi connectivity index (χ0) is 19.9. The van der Waals surface area contributed by atoms with E-state index in [1.807, 2.05) is 6.07 Å².